The Labute approximate surface area is 164 Å². The van der Waals surface area contributed by atoms with Crippen LogP contribution in [0, 0.1) is 0 Å². The third kappa shape index (κ3) is 2.65. The zero-order valence-electron chi connectivity index (χ0n) is 15.7. The monoisotopic (exact) mass is 373 g/mol. The summed E-state index contributed by atoms with van der Waals surface area (Å²) in [5, 5.41) is 0. The summed E-state index contributed by atoms with van der Waals surface area (Å²) < 4.78 is 0. The topological polar surface area (TPSA) is 75.8 Å². The second-order valence-corrected chi connectivity index (χ2v) is 7.96. The quantitative estimate of drug-likeness (QED) is 0.876. The molecule has 0 saturated carbocycles. The Morgan fingerprint density at radius 2 is 2.00 bits per heavy atom. The predicted molar refractivity (Wildman–Crippen MR) is 108 cm³/mol. The number of rotatable bonds is 2. The van der Waals surface area contributed by atoms with Gasteiger partial charge in [0.25, 0.3) is 5.91 Å². The Hall–Kier alpha value is -2.95. The maximum atomic E-state index is 13.4. The molecule has 28 heavy (non-hydrogen) atoms. The number of carbonyl (C=O) groups is 2. The van der Waals surface area contributed by atoms with Gasteiger partial charge < -0.3 is 10.6 Å². The lowest BCUT2D eigenvalue weighted by Gasteiger charge is -2.45. The molecule has 2 aliphatic heterocycles. The molecule has 0 radical (unpaired) electrons. The van der Waals surface area contributed by atoms with Gasteiger partial charge in [0.1, 0.15) is 0 Å². The number of fused-ring (bicyclic) bond motifs is 4. The molecular weight excluding hydrogens is 350 g/mol. The van der Waals surface area contributed by atoms with Crippen molar-refractivity contribution in [2.75, 3.05) is 6.54 Å². The van der Waals surface area contributed by atoms with Crippen molar-refractivity contribution in [3.05, 3.63) is 64.2 Å². The zero-order chi connectivity index (χ0) is 19.3. The average Bonchev–Trinajstić information content (AvgIpc) is 3.20. The van der Waals surface area contributed by atoms with Crippen LogP contribution in [0.2, 0.25) is 0 Å². The lowest BCUT2D eigenvalue weighted by molar-refractivity contribution is 0.0546. The second kappa shape index (κ2) is 6.59. The first kappa shape index (κ1) is 17.2. The number of piperidine rings is 1. The molecule has 142 valence electrons. The minimum atomic E-state index is -0.377. The minimum absolute atomic E-state index is 0.0691. The van der Waals surface area contributed by atoms with Gasteiger partial charge in [-0.3, -0.25) is 14.6 Å². The van der Waals surface area contributed by atoms with Crippen LogP contribution in [0.1, 0.15) is 62.6 Å². The van der Waals surface area contributed by atoms with Crippen LogP contribution in [0.5, 0.6) is 0 Å². The van der Waals surface area contributed by atoms with Gasteiger partial charge in [-0.25, -0.2) is 0 Å². The molecule has 1 unspecified atom stereocenters. The summed E-state index contributed by atoms with van der Waals surface area (Å²) >= 11 is 0. The van der Waals surface area contributed by atoms with Gasteiger partial charge >= 0.3 is 0 Å². The van der Waals surface area contributed by atoms with Crippen molar-refractivity contribution >= 4 is 23.7 Å². The number of likely N-dealkylation sites (tertiary alicyclic amines) is 1. The number of nitrogens with two attached hydrogens (primary N) is 1. The molecule has 0 spiro atoms. The third-order valence-corrected chi connectivity index (χ3v) is 6.46. The van der Waals surface area contributed by atoms with Crippen molar-refractivity contribution in [1.29, 1.82) is 0 Å². The Kier molecular flexibility index (Phi) is 4.04. The maximum absolute atomic E-state index is 13.4. The highest BCUT2D eigenvalue weighted by Crippen LogP contribution is 2.42. The molecule has 0 bridgehead atoms. The van der Waals surface area contributed by atoms with Crippen LogP contribution in [-0.4, -0.2) is 35.5 Å². The lowest BCUT2D eigenvalue weighted by Crippen LogP contribution is -2.49. The Bertz CT molecular complexity index is 1010. The van der Waals surface area contributed by atoms with E-state index in [1.54, 1.807) is 0 Å². The molecule has 2 aromatic carbocycles. The number of aryl methyl sites for hydroxylation is 1. The van der Waals surface area contributed by atoms with Gasteiger partial charge in [0.05, 0.1) is 5.69 Å². The largest absolute Gasteiger partial charge is 0.366 e. The number of benzene rings is 2. The molecule has 1 aliphatic carbocycles. The highest BCUT2D eigenvalue weighted by molar-refractivity contribution is 5.97. The predicted octanol–water partition coefficient (Wildman–Crippen LogP) is 3.38. The molecule has 2 aromatic rings. The van der Waals surface area contributed by atoms with E-state index in [0.717, 1.165) is 49.9 Å². The highest BCUT2D eigenvalue weighted by atomic mass is 16.2. The van der Waals surface area contributed by atoms with Crippen LogP contribution in [0.4, 0.5) is 5.69 Å². The number of aliphatic imine (C=N–C) groups is 1. The number of nitrogens with zero attached hydrogens (tertiary/aromatic N) is 2. The fraction of sp³-hybridized carbons (Fsp3) is 0.348. The molecule has 2 atom stereocenters. The van der Waals surface area contributed by atoms with E-state index in [2.05, 4.69) is 11.1 Å². The summed E-state index contributed by atoms with van der Waals surface area (Å²) in [7, 11) is 0. The van der Waals surface area contributed by atoms with Gasteiger partial charge in [-0.1, -0.05) is 18.2 Å². The van der Waals surface area contributed by atoms with E-state index in [-0.39, 0.29) is 23.8 Å². The molecule has 0 aromatic heterocycles. The Balaban J connectivity index is 1.49. The van der Waals surface area contributed by atoms with Gasteiger partial charge in [0.2, 0.25) is 5.91 Å². The fourth-order valence-electron chi connectivity index (χ4n) is 5.19. The maximum Gasteiger partial charge on any atom is 0.254 e. The summed E-state index contributed by atoms with van der Waals surface area (Å²) in [5.74, 6) is -0.130. The lowest BCUT2D eigenvalue weighted by atomic mass is 9.72. The van der Waals surface area contributed by atoms with Gasteiger partial charge in [-0.2, -0.15) is 0 Å². The first-order valence-corrected chi connectivity index (χ1v) is 10.0. The second-order valence-electron chi connectivity index (χ2n) is 7.96. The number of carbonyl (C=O) groups excluding carboxylic acids is 2. The molecule has 5 nitrogen and oxygen atoms in total. The van der Waals surface area contributed by atoms with E-state index in [0.29, 0.717) is 11.1 Å². The molecule has 5 heteroatoms. The first-order chi connectivity index (χ1) is 13.6. The van der Waals surface area contributed by atoms with Crippen LogP contribution >= 0.6 is 0 Å². The van der Waals surface area contributed by atoms with Gasteiger partial charge in [0, 0.05) is 42.3 Å². The highest BCUT2D eigenvalue weighted by Gasteiger charge is 2.40. The van der Waals surface area contributed by atoms with Crippen molar-refractivity contribution in [2.45, 2.75) is 44.1 Å². The zero-order valence-corrected chi connectivity index (χ0v) is 15.7. The van der Waals surface area contributed by atoms with E-state index in [9.17, 15) is 9.59 Å². The fourth-order valence-corrected chi connectivity index (χ4v) is 5.19. The molecular formula is C23H23N3O2. The van der Waals surface area contributed by atoms with Crippen LogP contribution in [0.15, 0.2) is 41.4 Å². The van der Waals surface area contributed by atoms with Crippen LogP contribution in [0.25, 0.3) is 0 Å². The van der Waals surface area contributed by atoms with Crippen molar-refractivity contribution in [2.24, 2.45) is 10.7 Å². The number of amides is 2. The summed E-state index contributed by atoms with van der Waals surface area (Å²) in [6, 6.07) is 11.8. The van der Waals surface area contributed by atoms with Crippen LogP contribution in [-0.2, 0) is 12.8 Å². The molecule has 5 rings (SSSR count). The summed E-state index contributed by atoms with van der Waals surface area (Å²) in [6.45, 7) is 0.758. The number of primary amides is 1. The molecule has 2 amide bonds. The Morgan fingerprint density at radius 1 is 1.11 bits per heavy atom. The van der Waals surface area contributed by atoms with Crippen molar-refractivity contribution in [3.8, 4) is 0 Å². The summed E-state index contributed by atoms with van der Waals surface area (Å²) in [4.78, 5) is 31.8. The standard InChI is InChI=1S/C23H23N3O2/c24-22(27)18-4-1-3-15-8-9-20-17(21(15)18)5-2-12-26(20)23(28)16-7-6-14-10-11-25-19(14)13-16/h1,3-4,6-7,11,13,17,20H,2,5,8-10,12H2,(H2,24,27)/t17?,20-/m0/s1. The van der Waals surface area contributed by atoms with Gasteiger partial charge in [-0.15, -0.1) is 0 Å². The smallest absolute Gasteiger partial charge is 0.254 e. The van der Waals surface area contributed by atoms with Crippen LogP contribution in [0.3, 0.4) is 0 Å². The normalized spacial score (nSPS) is 22.4. The van der Waals surface area contributed by atoms with E-state index in [4.69, 9.17) is 5.73 Å². The van der Waals surface area contributed by atoms with Gasteiger partial charge in [0.15, 0.2) is 0 Å². The van der Waals surface area contributed by atoms with E-state index in [1.165, 1.54) is 11.1 Å². The van der Waals surface area contributed by atoms with Crippen molar-refractivity contribution in [1.82, 2.24) is 4.90 Å². The SMILES string of the molecule is NC(=O)c1cccc2c1C1CCCN(C(=O)c3ccc4c(c3)N=CC4)[C@H]1CC2. The molecule has 1 fully saturated rings. The Morgan fingerprint density at radius 3 is 2.86 bits per heavy atom. The van der Waals surface area contributed by atoms with Crippen molar-refractivity contribution < 1.29 is 9.59 Å². The van der Waals surface area contributed by atoms with E-state index in [1.807, 2.05) is 41.4 Å². The molecule has 3 aliphatic rings. The summed E-state index contributed by atoms with van der Waals surface area (Å²) in [6.07, 6.45) is 6.44. The third-order valence-electron chi connectivity index (χ3n) is 6.46. The molecule has 2 heterocycles. The molecule has 1 saturated heterocycles. The molecule has 2 N–H and O–H groups in total. The van der Waals surface area contributed by atoms with E-state index < -0.39 is 0 Å². The minimum Gasteiger partial charge on any atom is -0.366 e. The number of hydrogen-bond donors (Lipinski definition) is 1. The van der Waals surface area contributed by atoms with Gasteiger partial charge in [-0.05, 0) is 60.6 Å². The number of hydrogen-bond acceptors (Lipinski definition) is 3. The van der Waals surface area contributed by atoms with Crippen LogP contribution < -0.4 is 5.73 Å². The van der Waals surface area contributed by atoms with Crippen molar-refractivity contribution in [3.63, 3.8) is 0 Å². The average molecular weight is 373 g/mol. The summed E-state index contributed by atoms with van der Waals surface area (Å²) in [5.41, 5.74) is 11.3. The van der Waals surface area contributed by atoms with E-state index >= 15 is 0 Å². The first-order valence-electron chi connectivity index (χ1n) is 10.0.